The zero-order valence-electron chi connectivity index (χ0n) is 18.8. The Morgan fingerprint density at radius 1 is 1.13 bits per heavy atom. The molecule has 1 heterocycles. The van der Waals surface area contributed by atoms with E-state index in [-0.39, 0.29) is 23.7 Å². The van der Waals surface area contributed by atoms with Gasteiger partial charge in [0.1, 0.15) is 17.1 Å². The summed E-state index contributed by atoms with van der Waals surface area (Å²) in [6, 6.07) is 15.4. The summed E-state index contributed by atoms with van der Waals surface area (Å²) < 4.78 is 16.7. The number of hydrogen-bond acceptors (Lipinski definition) is 5. The average Bonchev–Trinajstić information content (AvgIpc) is 3.15. The first-order chi connectivity index (χ1) is 14.8. The molecule has 0 aromatic heterocycles. The molecule has 3 rings (SSSR count). The van der Waals surface area contributed by atoms with Gasteiger partial charge in [-0.1, -0.05) is 36.4 Å². The predicted octanol–water partition coefficient (Wildman–Crippen LogP) is 4.96. The number of methoxy groups -OCH3 is 1. The number of carbonyl (C=O) groups excluding carboxylic acids is 1. The van der Waals surface area contributed by atoms with Crippen LogP contribution in [0.25, 0.3) is 0 Å². The van der Waals surface area contributed by atoms with Crippen molar-refractivity contribution < 1.29 is 24.1 Å². The third kappa shape index (κ3) is 6.37. The van der Waals surface area contributed by atoms with Gasteiger partial charge < -0.3 is 24.2 Å². The molecule has 6 nitrogen and oxygen atoms in total. The predicted molar refractivity (Wildman–Crippen MR) is 119 cm³/mol. The maximum absolute atomic E-state index is 12.7. The van der Waals surface area contributed by atoms with Crippen LogP contribution in [-0.2, 0) is 16.1 Å². The molecule has 1 aliphatic heterocycles. The second-order valence-corrected chi connectivity index (χ2v) is 9.00. The number of amides is 1. The lowest BCUT2D eigenvalue weighted by atomic mass is 9.86. The van der Waals surface area contributed by atoms with Crippen LogP contribution in [0.1, 0.15) is 44.2 Å². The fourth-order valence-corrected chi connectivity index (χ4v) is 3.95. The third-order valence-corrected chi connectivity index (χ3v) is 5.47. The Kier molecular flexibility index (Phi) is 7.44. The van der Waals surface area contributed by atoms with E-state index in [2.05, 4.69) is 0 Å². The molecule has 1 aliphatic rings. The number of hydrogen-bond donors (Lipinski definition) is 1. The van der Waals surface area contributed by atoms with Crippen molar-refractivity contribution in [2.45, 2.75) is 45.3 Å². The van der Waals surface area contributed by atoms with E-state index in [4.69, 9.17) is 14.2 Å². The smallest absolute Gasteiger partial charge is 0.410 e. The second-order valence-electron chi connectivity index (χ2n) is 9.00. The minimum Gasteiger partial charge on any atom is -0.508 e. The van der Waals surface area contributed by atoms with E-state index in [1.807, 2.05) is 63.2 Å². The lowest BCUT2D eigenvalue weighted by Gasteiger charge is -2.24. The van der Waals surface area contributed by atoms with Crippen molar-refractivity contribution in [1.82, 2.24) is 4.90 Å². The minimum absolute atomic E-state index is 0.00116. The van der Waals surface area contributed by atoms with Crippen LogP contribution < -0.4 is 4.74 Å². The van der Waals surface area contributed by atoms with Gasteiger partial charge in [-0.3, -0.25) is 0 Å². The highest BCUT2D eigenvalue weighted by molar-refractivity contribution is 5.69. The summed E-state index contributed by atoms with van der Waals surface area (Å²) in [4.78, 5) is 14.4. The van der Waals surface area contributed by atoms with E-state index in [1.54, 1.807) is 18.1 Å². The maximum atomic E-state index is 12.7. The van der Waals surface area contributed by atoms with Gasteiger partial charge in [0, 0.05) is 31.7 Å². The van der Waals surface area contributed by atoms with Crippen molar-refractivity contribution in [3.8, 4) is 11.5 Å². The van der Waals surface area contributed by atoms with Crippen molar-refractivity contribution in [3.05, 3.63) is 59.7 Å². The molecule has 0 saturated carbocycles. The van der Waals surface area contributed by atoms with Crippen LogP contribution in [0.5, 0.6) is 11.5 Å². The average molecular weight is 428 g/mol. The molecule has 2 aromatic carbocycles. The third-order valence-electron chi connectivity index (χ3n) is 5.47. The van der Waals surface area contributed by atoms with E-state index in [0.29, 0.717) is 32.1 Å². The highest BCUT2D eigenvalue weighted by atomic mass is 16.6. The number of carbonyl (C=O) groups is 1. The molecular weight excluding hydrogens is 394 g/mol. The molecule has 6 heteroatoms. The number of phenols is 1. The van der Waals surface area contributed by atoms with Crippen LogP contribution in [0.3, 0.4) is 0 Å². The molecular formula is C25H33NO5. The van der Waals surface area contributed by atoms with Crippen LogP contribution in [0.15, 0.2) is 48.5 Å². The molecule has 1 N–H and O–H groups in total. The summed E-state index contributed by atoms with van der Waals surface area (Å²) in [5, 5.41) is 10.6. The van der Waals surface area contributed by atoms with Crippen LogP contribution in [-0.4, -0.2) is 48.5 Å². The molecule has 168 valence electrons. The normalized spacial score (nSPS) is 18.8. The molecule has 0 radical (unpaired) electrons. The zero-order valence-corrected chi connectivity index (χ0v) is 18.8. The molecule has 1 amide bonds. The monoisotopic (exact) mass is 427 g/mol. The molecule has 1 saturated heterocycles. The van der Waals surface area contributed by atoms with Gasteiger partial charge >= 0.3 is 6.09 Å². The Hall–Kier alpha value is -2.73. The topological polar surface area (TPSA) is 68.2 Å². The number of aromatic hydroxyl groups is 1. The van der Waals surface area contributed by atoms with Gasteiger partial charge in [-0.15, -0.1) is 0 Å². The molecule has 2 atom stereocenters. The van der Waals surface area contributed by atoms with Gasteiger partial charge in [0.15, 0.2) is 0 Å². The minimum atomic E-state index is -0.550. The first-order valence-corrected chi connectivity index (χ1v) is 10.7. The Morgan fingerprint density at radius 3 is 2.52 bits per heavy atom. The molecule has 0 spiro atoms. The zero-order chi connectivity index (χ0) is 22.4. The lowest BCUT2D eigenvalue weighted by molar-refractivity contribution is 0.0282. The second kappa shape index (κ2) is 10.1. The molecule has 31 heavy (non-hydrogen) atoms. The number of benzene rings is 2. The maximum Gasteiger partial charge on any atom is 0.410 e. The number of phenolic OH excluding ortho intramolecular Hbond substituents is 1. The Morgan fingerprint density at radius 2 is 1.87 bits per heavy atom. The number of ether oxygens (including phenoxy) is 3. The van der Waals surface area contributed by atoms with Gasteiger partial charge in [-0.2, -0.15) is 0 Å². The summed E-state index contributed by atoms with van der Waals surface area (Å²) >= 11 is 0. The van der Waals surface area contributed by atoms with E-state index >= 15 is 0 Å². The van der Waals surface area contributed by atoms with Crippen molar-refractivity contribution in [2.24, 2.45) is 5.92 Å². The van der Waals surface area contributed by atoms with Gasteiger partial charge in [0.05, 0.1) is 13.7 Å². The number of rotatable bonds is 7. The largest absolute Gasteiger partial charge is 0.508 e. The summed E-state index contributed by atoms with van der Waals surface area (Å²) in [6.45, 7) is 7.79. The quantitative estimate of drug-likeness (QED) is 0.633. The van der Waals surface area contributed by atoms with Crippen LogP contribution >= 0.6 is 0 Å². The van der Waals surface area contributed by atoms with Crippen molar-refractivity contribution in [1.29, 1.82) is 0 Å². The Labute approximate surface area is 184 Å². The molecule has 2 aromatic rings. The lowest BCUT2D eigenvalue weighted by Crippen LogP contribution is -2.35. The fraction of sp³-hybridized carbons (Fsp3) is 0.480. The van der Waals surface area contributed by atoms with Crippen LogP contribution in [0.2, 0.25) is 0 Å². The fourth-order valence-electron chi connectivity index (χ4n) is 3.95. The van der Waals surface area contributed by atoms with Crippen molar-refractivity contribution >= 4 is 6.09 Å². The molecule has 0 unspecified atom stereocenters. The Balaban J connectivity index is 1.69. The highest BCUT2D eigenvalue weighted by Crippen LogP contribution is 2.40. The van der Waals surface area contributed by atoms with Gasteiger partial charge in [-0.25, -0.2) is 4.79 Å². The summed E-state index contributed by atoms with van der Waals surface area (Å²) in [7, 11) is 1.57. The standard InChI is InChI=1S/C25H33NO5/c1-25(2,3)31-24(28)26-15-19(12-13-30-17-18-8-6-5-7-9-18)22(16-26)21-11-10-20(29-4)14-23(21)27/h5-11,14,19,22,27H,12-13,15-17H2,1-4H3/t19-,22-/m1/s1. The van der Waals surface area contributed by atoms with E-state index < -0.39 is 5.60 Å². The Bertz CT molecular complexity index is 862. The van der Waals surface area contributed by atoms with Gasteiger partial charge in [-0.05, 0) is 50.3 Å². The summed E-state index contributed by atoms with van der Waals surface area (Å²) in [6.07, 6.45) is 0.459. The first-order valence-electron chi connectivity index (χ1n) is 10.7. The van der Waals surface area contributed by atoms with E-state index in [0.717, 1.165) is 17.5 Å². The first kappa shape index (κ1) is 22.9. The van der Waals surface area contributed by atoms with Crippen molar-refractivity contribution in [3.63, 3.8) is 0 Å². The molecule has 1 fully saturated rings. The van der Waals surface area contributed by atoms with Gasteiger partial charge in [0.25, 0.3) is 0 Å². The van der Waals surface area contributed by atoms with Gasteiger partial charge in [0.2, 0.25) is 0 Å². The molecule has 0 bridgehead atoms. The van der Waals surface area contributed by atoms with E-state index in [1.165, 1.54) is 0 Å². The summed E-state index contributed by atoms with van der Waals surface area (Å²) in [5.41, 5.74) is 1.40. The van der Waals surface area contributed by atoms with E-state index in [9.17, 15) is 9.90 Å². The van der Waals surface area contributed by atoms with Crippen molar-refractivity contribution in [2.75, 3.05) is 26.8 Å². The summed E-state index contributed by atoms with van der Waals surface area (Å²) in [5.74, 6) is 0.943. The molecule has 0 aliphatic carbocycles. The van der Waals surface area contributed by atoms with Crippen LogP contribution in [0, 0.1) is 5.92 Å². The number of nitrogens with zero attached hydrogens (tertiary/aromatic N) is 1. The number of likely N-dealkylation sites (tertiary alicyclic amines) is 1. The SMILES string of the molecule is COc1ccc([C@@H]2CN(C(=O)OC(C)(C)C)C[C@H]2CCOCc2ccccc2)c(O)c1. The van der Waals surface area contributed by atoms with Crippen LogP contribution in [0.4, 0.5) is 4.79 Å². The highest BCUT2D eigenvalue weighted by Gasteiger charge is 2.38.